The average molecular weight is 527 g/mol. The number of rotatable bonds is 2. The molecule has 0 amide bonds. The van der Waals surface area contributed by atoms with Gasteiger partial charge in [0.25, 0.3) is 5.69 Å². The minimum atomic E-state index is -1.00. The van der Waals surface area contributed by atoms with Crippen LogP contribution in [-0.4, -0.2) is 4.98 Å². The zero-order valence-electron chi connectivity index (χ0n) is 21.6. The van der Waals surface area contributed by atoms with Crippen molar-refractivity contribution in [3.8, 4) is 0 Å². The maximum atomic E-state index is 17.3. The summed E-state index contributed by atoms with van der Waals surface area (Å²) in [6.45, 7) is 7.89. The highest BCUT2D eigenvalue weighted by Crippen LogP contribution is 2.51. The predicted molar refractivity (Wildman–Crippen MR) is 155 cm³/mol. The Hall–Kier alpha value is -5.02. The van der Waals surface area contributed by atoms with Crippen LogP contribution in [0.5, 0.6) is 0 Å². The van der Waals surface area contributed by atoms with Crippen molar-refractivity contribution in [2.75, 3.05) is 9.80 Å². The molecule has 0 spiro atoms. The number of halogens is 2. The molecule has 0 N–H and O–H groups in total. The van der Waals surface area contributed by atoms with Gasteiger partial charge in [-0.1, -0.05) is 72.8 Å². The fourth-order valence-corrected chi connectivity index (χ4v) is 5.98. The molecule has 0 unspecified atom stereocenters. The van der Waals surface area contributed by atoms with Crippen LogP contribution >= 0.6 is 0 Å². The summed E-state index contributed by atoms with van der Waals surface area (Å²) in [7, 11) is 0. The van der Waals surface area contributed by atoms with Gasteiger partial charge in [-0.3, -0.25) is 4.90 Å². The summed E-state index contributed by atoms with van der Waals surface area (Å²) in [5.41, 5.74) is 6.41. The van der Waals surface area contributed by atoms with E-state index in [0.717, 1.165) is 70.7 Å². The Morgan fingerprint density at radius 2 is 0.950 bits per heavy atom. The van der Waals surface area contributed by atoms with Crippen LogP contribution in [0, 0.1) is 18.3 Å². The summed E-state index contributed by atoms with van der Waals surface area (Å²) in [6, 6.07) is 31.0. The SMILES string of the molecule is [C-]#[N+]c1c(F)nc(N2c3ccccc3CCc3ccccc32)c(F)c1N1c2ccccc2CCc2ccccc21. The molecule has 4 aromatic carbocycles. The second-order valence-electron chi connectivity index (χ2n) is 10.0. The topological polar surface area (TPSA) is 23.7 Å². The molecule has 6 heteroatoms. The molecule has 0 fully saturated rings. The highest BCUT2D eigenvalue weighted by molar-refractivity contribution is 5.91. The molecule has 40 heavy (non-hydrogen) atoms. The Morgan fingerprint density at radius 1 is 0.575 bits per heavy atom. The molecule has 0 bridgehead atoms. The van der Waals surface area contributed by atoms with E-state index in [0.29, 0.717) is 0 Å². The number of pyridine rings is 1. The van der Waals surface area contributed by atoms with Crippen molar-refractivity contribution in [1.29, 1.82) is 0 Å². The van der Waals surface area contributed by atoms with E-state index in [1.807, 2.05) is 97.1 Å². The van der Waals surface area contributed by atoms with Gasteiger partial charge in [-0.15, -0.1) is 0 Å². The number of hydrogen-bond donors (Lipinski definition) is 0. The van der Waals surface area contributed by atoms with Crippen molar-refractivity contribution in [2.45, 2.75) is 25.7 Å². The van der Waals surface area contributed by atoms with Crippen molar-refractivity contribution < 1.29 is 8.78 Å². The molecule has 7 rings (SSSR count). The quantitative estimate of drug-likeness (QED) is 0.169. The van der Waals surface area contributed by atoms with Crippen molar-refractivity contribution in [2.24, 2.45) is 0 Å². The molecule has 0 atom stereocenters. The lowest BCUT2D eigenvalue weighted by Crippen LogP contribution is -2.20. The van der Waals surface area contributed by atoms with E-state index in [4.69, 9.17) is 6.57 Å². The molecule has 4 nitrogen and oxygen atoms in total. The van der Waals surface area contributed by atoms with Crippen LogP contribution < -0.4 is 9.80 Å². The molecule has 2 aliphatic heterocycles. The van der Waals surface area contributed by atoms with Gasteiger partial charge in [0, 0.05) is 11.4 Å². The number of aromatic nitrogens is 1. The normalized spacial score (nSPS) is 13.7. The maximum absolute atomic E-state index is 17.3. The first-order chi connectivity index (χ1) is 19.7. The van der Waals surface area contributed by atoms with Crippen LogP contribution in [0.4, 0.5) is 48.7 Å². The summed E-state index contributed by atoms with van der Waals surface area (Å²) in [4.78, 5) is 11.1. The van der Waals surface area contributed by atoms with Crippen LogP contribution in [-0.2, 0) is 25.7 Å². The van der Waals surface area contributed by atoms with Crippen LogP contribution in [0.3, 0.4) is 0 Å². The second-order valence-corrected chi connectivity index (χ2v) is 10.0. The Kier molecular flexibility index (Phi) is 5.78. The van der Waals surface area contributed by atoms with Crippen molar-refractivity contribution in [3.63, 3.8) is 0 Å². The third-order valence-corrected chi connectivity index (χ3v) is 7.83. The largest absolute Gasteiger partial charge is 0.317 e. The molecule has 0 saturated heterocycles. The van der Waals surface area contributed by atoms with E-state index in [1.165, 1.54) is 0 Å². The molecule has 2 aliphatic rings. The zero-order valence-corrected chi connectivity index (χ0v) is 21.6. The summed E-state index contributed by atoms with van der Waals surface area (Å²) in [5, 5.41) is 0. The van der Waals surface area contributed by atoms with Gasteiger partial charge < -0.3 is 4.90 Å². The van der Waals surface area contributed by atoms with E-state index >= 15 is 8.78 Å². The first-order valence-electron chi connectivity index (χ1n) is 13.3. The standard InChI is InChI=1S/C34H24F2N4/c1-37-31-32(39-26-14-6-2-10-22(26)18-19-23-11-3-7-15-27(23)39)30(35)34(38-33(31)36)40-28-16-8-4-12-24(28)20-21-25-13-5-9-17-29(25)40/h2-17H,18-21H2. The van der Waals surface area contributed by atoms with E-state index < -0.39 is 17.5 Å². The van der Waals surface area contributed by atoms with E-state index in [9.17, 15) is 0 Å². The fraction of sp³-hybridized carbons (Fsp3) is 0.118. The molecule has 3 heterocycles. The van der Waals surface area contributed by atoms with Crippen LogP contribution in [0.15, 0.2) is 97.1 Å². The zero-order chi connectivity index (χ0) is 27.2. The van der Waals surface area contributed by atoms with Gasteiger partial charge >= 0.3 is 0 Å². The summed E-state index contributed by atoms with van der Waals surface area (Å²) in [6.07, 6.45) is 3.00. The fourth-order valence-electron chi connectivity index (χ4n) is 5.98. The first-order valence-corrected chi connectivity index (χ1v) is 13.3. The lowest BCUT2D eigenvalue weighted by molar-refractivity contribution is 0.569. The Labute approximate surface area is 231 Å². The summed E-state index contributed by atoms with van der Waals surface area (Å²) < 4.78 is 33.2. The van der Waals surface area contributed by atoms with Gasteiger partial charge in [-0.25, -0.2) is 14.2 Å². The Balaban J connectivity index is 1.56. The molecular formula is C34H24F2N4. The first kappa shape index (κ1) is 24.1. The van der Waals surface area contributed by atoms with Crippen LogP contribution in [0.25, 0.3) is 4.85 Å². The molecule has 1 aromatic heterocycles. The highest BCUT2D eigenvalue weighted by atomic mass is 19.1. The molecule has 194 valence electrons. The van der Waals surface area contributed by atoms with Gasteiger partial charge in [0.15, 0.2) is 11.6 Å². The van der Waals surface area contributed by atoms with Gasteiger partial charge in [-0.05, 0) is 72.2 Å². The second kappa shape index (κ2) is 9.62. The van der Waals surface area contributed by atoms with Crippen molar-refractivity contribution in [3.05, 3.63) is 142 Å². The van der Waals surface area contributed by atoms with Gasteiger partial charge in [0.2, 0.25) is 5.95 Å². The van der Waals surface area contributed by atoms with E-state index in [-0.39, 0.29) is 11.5 Å². The minimum absolute atomic E-state index is 0.126. The molecular weight excluding hydrogens is 502 g/mol. The van der Waals surface area contributed by atoms with E-state index in [2.05, 4.69) is 9.83 Å². The smallest absolute Gasteiger partial charge is 0.267 e. The summed E-state index contributed by atoms with van der Waals surface area (Å²) in [5.74, 6) is -1.91. The van der Waals surface area contributed by atoms with Crippen LogP contribution in [0.1, 0.15) is 22.3 Å². The lowest BCUT2D eigenvalue weighted by atomic mass is 10.0. The number of anilines is 6. The number of hydrogen-bond acceptors (Lipinski definition) is 3. The Morgan fingerprint density at radius 3 is 1.35 bits per heavy atom. The predicted octanol–water partition coefficient (Wildman–Crippen LogP) is 9.05. The minimum Gasteiger partial charge on any atom is -0.317 e. The average Bonchev–Trinajstić information content (AvgIpc) is 3.26. The maximum Gasteiger partial charge on any atom is 0.267 e. The third-order valence-electron chi connectivity index (χ3n) is 7.83. The monoisotopic (exact) mass is 526 g/mol. The lowest BCUT2D eigenvalue weighted by Gasteiger charge is -2.31. The van der Waals surface area contributed by atoms with Gasteiger partial charge in [0.1, 0.15) is 0 Å². The van der Waals surface area contributed by atoms with Crippen molar-refractivity contribution in [1.82, 2.24) is 4.98 Å². The number of fused-ring (bicyclic) bond motifs is 4. The van der Waals surface area contributed by atoms with E-state index in [1.54, 1.807) is 9.80 Å². The molecule has 0 aliphatic carbocycles. The third kappa shape index (κ3) is 3.74. The molecule has 5 aromatic rings. The summed E-state index contributed by atoms with van der Waals surface area (Å²) >= 11 is 0. The number of benzene rings is 4. The number of nitrogens with zero attached hydrogens (tertiary/aromatic N) is 4. The van der Waals surface area contributed by atoms with Gasteiger partial charge in [0.05, 0.1) is 23.6 Å². The van der Waals surface area contributed by atoms with Gasteiger partial charge in [-0.2, -0.15) is 4.39 Å². The highest BCUT2D eigenvalue weighted by Gasteiger charge is 2.34. The van der Waals surface area contributed by atoms with Crippen LogP contribution in [0.2, 0.25) is 0 Å². The number of aryl methyl sites for hydroxylation is 4. The number of para-hydroxylation sites is 4. The molecule has 0 radical (unpaired) electrons. The van der Waals surface area contributed by atoms with Crippen molar-refractivity contribution >= 4 is 39.9 Å². The molecule has 0 saturated carbocycles. The Bertz CT molecular complexity index is 1730.